The van der Waals surface area contributed by atoms with Gasteiger partial charge >= 0.3 is 5.97 Å². The maximum absolute atomic E-state index is 12.4. The molecular formula is C29H35N2O4S+. The Morgan fingerprint density at radius 1 is 1.00 bits per heavy atom. The molecule has 1 N–H and O–H groups in total. The van der Waals surface area contributed by atoms with Crippen LogP contribution in [0.5, 0.6) is 5.75 Å². The second-order valence-electron chi connectivity index (χ2n) is 9.58. The Balaban J connectivity index is 0.000000174. The number of fused-ring (bicyclic) bond motifs is 3. The van der Waals surface area contributed by atoms with Crippen LogP contribution in [0.15, 0.2) is 72.1 Å². The van der Waals surface area contributed by atoms with Gasteiger partial charge in [-0.2, -0.15) is 0 Å². The van der Waals surface area contributed by atoms with Crippen LogP contribution in [0.25, 0.3) is 0 Å². The summed E-state index contributed by atoms with van der Waals surface area (Å²) in [5, 5.41) is 5.30. The van der Waals surface area contributed by atoms with Gasteiger partial charge < -0.3 is 19.3 Å². The molecule has 36 heavy (non-hydrogen) atoms. The van der Waals surface area contributed by atoms with Crippen molar-refractivity contribution in [3.05, 3.63) is 82.6 Å². The first-order valence-corrected chi connectivity index (χ1v) is 13.4. The smallest absolute Gasteiger partial charge is 0.303 e. The number of carbonyl (C=O) groups is 2. The lowest BCUT2D eigenvalue weighted by Crippen LogP contribution is -2.65. The van der Waals surface area contributed by atoms with Crippen molar-refractivity contribution in [2.45, 2.75) is 32.4 Å². The van der Waals surface area contributed by atoms with Crippen LogP contribution >= 0.6 is 11.3 Å². The van der Waals surface area contributed by atoms with E-state index in [-0.39, 0.29) is 17.9 Å². The van der Waals surface area contributed by atoms with Crippen LogP contribution in [0.1, 0.15) is 35.0 Å². The number of nitrogens with zero attached hydrogens (tertiary/aromatic N) is 1. The molecule has 1 unspecified atom stereocenters. The monoisotopic (exact) mass is 507 g/mol. The van der Waals surface area contributed by atoms with E-state index in [0.29, 0.717) is 12.5 Å². The first-order valence-electron chi connectivity index (χ1n) is 12.5. The number of ketones is 1. The summed E-state index contributed by atoms with van der Waals surface area (Å²) in [5.41, 5.74) is 2.38. The molecule has 6 nitrogen and oxygen atoms in total. The molecular weight excluding hydrogens is 472 g/mol. The van der Waals surface area contributed by atoms with Crippen LogP contribution in [-0.2, 0) is 16.1 Å². The standard InChI is InChI=1S/C15H20NO3S.C14H15NO/c1-11(17)19-14-10-16(6-4-12(14)5-7-16)9-13(18)15-3-2-8-20-15;1-16-14-9-7-12(8-10-14)11-15-13-5-3-2-4-6-13/h2-3,8,12,14H,4-7,9-10H2,1H3;2-10,15H,11H2,1H3/q+1;. The van der Waals surface area contributed by atoms with E-state index in [1.54, 1.807) is 7.11 Å². The van der Waals surface area contributed by atoms with E-state index in [2.05, 4.69) is 29.6 Å². The number of carbonyl (C=O) groups excluding carboxylic acids is 2. The second kappa shape index (κ2) is 12.2. The van der Waals surface area contributed by atoms with Gasteiger partial charge in [-0.3, -0.25) is 9.59 Å². The number of Topliss-reactive ketones (excluding diaryl/α,β-unsaturated/α-hetero) is 1. The largest absolute Gasteiger partial charge is 0.497 e. The number of esters is 1. The quantitative estimate of drug-likeness (QED) is 0.251. The van der Waals surface area contributed by atoms with Crippen molar-refractivity contribution in [2.24, 2.45) is 5.92 Å². The Kier molecular flexibility index (Phi) is 8.78. The molecule has 6 rings (SSSR count). The van der Waals surface area contributed by atoms with Gasteiger partial charge in [0.15, 0.2) is 6.10 Å². The van der Waals surface area contributed by atoms with Crippen molar-refractivity contribution in [1.29, 1.82) is 0 Å². The lowest BCUT2D eigenvalue weighted by Gasteiger charge is -2.51. The number of rotatable bonds is 8. The van der Waals surface area contributed by atoms with Crippen molar-refractivity contribution < 1.29 is 23.5 Å². The Hall–Kier alpha value is -3.16. The fourth-order valence-corrected chi connectivity index (χ4v) is 5.77. The zero-order valence-electron chi connectivity index (χ0n) is 21.0. The summed E-state index contributed by atoms with van der Waals surface area (Å²) >= 11 is 1.51. The predicted molar refractivity (Wildman–Crippen MR) is 143 cm³/mol. The average Bonchev–Trinajstić information content (AvgIpc) is 3.44. The molecule has 3 aliphatic rings. The maximum atomic E-state index is 12.4. The van der Waals surface area contributed by atoms with Gasteiger partial charge in [0.1, 0.15) is 18.8 Å². The third-order valence-corrected chi connectivity index (χ3v) is 7.97. The Morgan fingerprint density at radius 2 is 1.72 bits per heavy atom. The number of ether oxygens (including phenoxy) is 2. The van der Waals surface area contributed by atoms with Gasteiger partial charge in [-0.05, 0) is 41.3 Å². The van der Waals surface area contributed by atoms with E-state index >= 15 is 0 Å². The fraction of sp³-hybridized carbons (Fsp3) is 0.379. The van der Waals surface area contributed by atoms with Gasteiger partial charge in [-0.25, -0.2) is 0 Å². The van der Waals surface area contributed by atoms with Crippen molar-refractivity contribution in [2.75, 3.05) is 38.6 Å². The van der Waals surface area contributed by atoms with Crippen molar-refractivity contribution >= 4 is 28.8 Å². The second-order valence-corrected chi connectivity index (χ2v) is 10.5. The highest BCUT2D eigenvalue weighted by Crippen LogP contribution is 2.36. The minimum absolute atomic E-state index is 0.00568. The van der Waals surface area contributed by atoms with Gasteiger partial charge in [0.2, 0.25) is 5.78 Å². The highest BCUT2D eigenvalue weighted by atomic mass is 32.1. The first kappa shape index (κ1) is 25.9. The molecule has 3 saturated heterocycles. The molecule has 0 aliphatic carbocycles. The summed E-state index contributed by atoms with van der Waals surface area (Å²) in [7, 11) is 1.68. The summed E-state index contributed by atoms with van der Waals surface area (Å²) in [4.78, 5) is 24.4. The first-order chi connectivity index (χ1) is 17.5. The number of methoxy groups -OCH3 is 1. The molecule has 190 valence electrons. The maximum Gasteiger partial charge on any atom is 0.303 e. The Bertz CT molecular complexity index is 1110. The van der Waals surface area contributed by atoms with Gasteiger partial charge in [0, 0.05) is 37.9 Å². The SMILES string of the molecule is CC(=O)OC1C[N+]2(CC(=O)c3cccs3)CCC1CC2.COc1ccc(CNc2ccccc2)cc1. The fourth-order valence-electron chi connectivity index (χ4n) is 5.11. The van der Waals surface area contributed by atoms with E-state index in [0.717, 1.165) is 59.8 Å². The minimum Gasteiger partial charge on any atom is -0.497 e. The highest BCUT2D eigenvalue weighted by Gasteiger charge is 2.48. The molecule has 1 aromatic heterocycles. The van der Waals surface area contributed by atoms with Crippen LogP contribution in [0.2, 0.25) is 0 Å². The number of anilines is 1. The number of piperidine rings is 3. The normalized spacial score (nSPS) is 22.2. The van der Waals surface area contributed by atoms with Crippen LogP contribution in [-0.4, -0.2) is 55.6 Å². The molecule has 4 heterocycles. The van der Waals surface area contributed by atoms with Gasteiger partial charge in [-0.15, -0.1) is 11.3 Å². The van der Waals surface area contributed by atoms with Crippen molar-refractivity contribution in [1.82, 2.24) is 0 Å². The molecule has 3 aliphatic heterocycles. The van der Waals surface area contributed by atoms with Gasteiger partial charge in [0.05, 0.1) is 25.1 Å². The van der Waals surface area contributed by atoms with Crippen molar-refractivity contribution in [3.8, 4) is 5.75 Å². The number of quaternary nitrogens is 1. The average molecular weight is 508 g/mol. The van der Waals surface area contributed by atoms with Crippen LogP contribution in [0.4, 0.5) is 5.69 Å². The zero-order valence-corrected chi connectivity index (χ0v) is 21.8. The topological polar surface area (TPSA) is 64.6 Å². The molecule has 1 atom stereocenters. The van der Waals surface area contributed by atoms with E-state index < -0.39 is 0 Å². The summed E-state index contributed by atoms with van der Waals surface area (Å²) in [6, 6.07) is 22.1. The van der Waals surface area contributed by atoms with Gasteiger partial charge in [0.25, 0.3) is 0 Å². The minimum atomic E-state index is -0.202. The number of benzene rings is 2. The zero-order chi connectivity index (χ0) is 25.4. The molecule has 0 amide bonds. The number of thiophene rings is 1. The predicted octanol–water partition coefficient (Wildman–Crippen LogP) is 5.41. The highest BCUT2D eigenvalue weighted by molar-refractivity contribution is 7.12. The number of hydrogen-bond acceptors (Lipinski definition) is 6. The van der Waals surface area contributed by atoms with Gasteiger partial charge in [-0.1, -0.05) is 36.4 Å². The number of hydrogen-bond donors (Lipinski definition) is 1. The van der Waals surface area contributed by atoms with Crippen LogP contribution in [0.3, 0.4) is 0 Å². The van der Waals surface area contributed by atoms with E-state index in [4.69, 9.17) is 9.47 Å². The number of nitrogens with one attached hydrogen (secondary N) is 1. The lowest BCUT2D eigenvalue weighted by atomic mass is 9.83. The molecule has 7 heteroatoms. The van der Waals surface area contributed by atoms with Crippen molar-refractivity contribution in [3.63, 3.8) is 0 Å². The Labute approximate surface area is 217 Å². The third-order valence-electron chi connectivity index (χ3n) is 7.06. The van der Waals surface area contributed by atoms with E-state index in [9.17, 15) is 9.59 Å². The molecule has 0 spiro atoms. The third kappa shape index (κ3) is 6.95. The molecule has 2 bridgehead atoms. The van der Waals surface area contributed by atoms with E-state index in [1.807, 2.05) is 47.8 Å². The van der Waals surface area contributed by atoms with Crippen LogP contribution < -0.4 is 10.1 Å². The lowest BCUT2D eigenvalue weighted by molar-refractivity contribution is -0.938. The number of para-hydroxylation sites is 1. The summed E-state index contributed by atoms with van der Waals surface area (Å²) in [6.45, 7) is 5.73. The molecule has 3 fully saturated rings. The molecule has 2 aromatic carbocycles. The Morgan fingerprint density at radius 3 is 2.33 bits per heavy atom. The molecule has 3 aromatic rings. The molecule has 0 saturated carbocycles. The van der Waals surface area contributed by atoms with E-state index in [1.165, 1.54) is 23.8 Å². The summed E-state index contributed by atoms with van der Waals surface area (Å²) in [6.07, 6.45) is 2.14. The van der Waals surface area contributed by atoms with Crippen LogP contribution in [0, 0.1) is 5.92 Å². The summed E-state index contributed by atoms with van der Waals surface area (Å²) < 4.78 is 11.4. The summed E-state index contributed by atoms with van der Waals surface area (Å²) in [5.74, 6) is 1.41. The molecule has 0 radical (unpaired) electrons.